The van der Waals surface area contributed by atoms with E-state index >= 15 is 0 Å². The molecule has 0 saturated heterocycles. The average Bonchev–Trinajstić information content (AvgIpc) is 1.90. The fraction of sp³-hybridized carbons (Fsp3) is 1.00. The molecule has 0 fully saturated rings. The maximum Gasteiger partial charge on any atom is 0.206 e. The van der Waals surface area contributed by atoms with Gasteiger partial charge in [0.2, 0.25) is 8.40 Å². The van der Waals surface area contributed by atoms with Crippen molar-refractivity contribution in [2.75, 3.05) is 14.1 Å². The minimum absolute atomic E-state index is 0.380. The standard InChI is InChI=1S/C8H22N2Si/c1-7-11(9-5,10-6)8(2,3)4/h9-10H,7H2,1-6H3. The molecule has 0 aliphatic carbocycles. The van der Waals surface area contributed by atoms with Crippen LogP contribution < -0.4 is 9.96 Å². The number of nitrogens with one attached hydrogen (secondary N) is 2. The molecule has 0 atom stereocenters. The number of rotatable bonds is 3. The topological polar surface area (TPSA) is 24.1 Å². The van der Waals surface area contributed by atoms with Crippen molar-refractivity contribution < 1.29 is 0 Å². The van der Waals surface area contributed by atoms with Crippen LogP contribution in [0.2, 0.25) is 11.1 Å². The molecule has 2 nitrogen and oxygen atoms in total. The van der Waals surface area contributed by atoms with E-state index in [0.717, 1.165) is 0 Å². The van der Waals surface area contributed by atoms with Gasteiger partial charge in [-0.2, -0.15) is 0 Å². The highest BCUT2D eigenvalue weighted by atomic mass is 28.3. The van der Waals surface area contributed by atoms with Crippen molar-refractivity contribution in [3.63, 3.8) is 0 Å². The maximum absolute atomic E-state index is 3.48. The summed E-state index contributed by atoms with van der Waals surface area (Å²) in [5.74, 6) is 0. The predicted octanol–water partition coefficient (Wildman–Crippen LogP) is 1.69. The summed E-state index contributed by atoms with van der Waals surface area (Å²) >= 11 is 0. The minimum atomic E-state index is -1.42. The van der Waals surface area contributed by atoms with E-state index in [0.29, 0.717) is 5.04 Å². The minimum Gasteiger partial charge on any atom is -0.328 e. The van der Waals surface area contributed by atoms with E-state index < -0.39 is 8.40 Å². The highest BCUT2D eigenvalue weighted by Crippen LogP contribution is 2.33. The van der Waals surface area contributed by atoms with Crippen molar-refractivity contribution in [1.29, 1.82) is 0 Å². The SMILES string of the molecule is CC[Si](NC)(NC)C(C)(C)C. The maximum atomic E-state index is 3.48. The molecule has 11 heavy (non-hydrogen) atoms. The molecule has 0 aromatic heterocycles. The third kappa shape index (κ3) is 2.04. The summed E-state index contributed by atoms with van der Waals surface area (Å²) in [5.41, 5.74) is 0. The van der Waals surface area contributed by atoms with Gasteiger partial charge in [0.15, 0.2) is 0 Å². The number of hydrogen-bond acceptors (Lipinski definition) is 2. The van der Waals surface area contributed by atoms with Crippen molar-refractivity contribution in [2.24, 2.45) is 0 Å². The van der Waals surface area contributed by atoms with Crippen LogP contribution in [0.4, 0.5) is 0 Å². The van der Waals surface area contributed by atoms with Gasteiger partial charge in [0, 0.05) is 0 Å². The molecule has 2 N–H and O–H groups in total. The van der Waals surface area contributed by atoms with E-state index in [1.54, 1.807) is 0 Å². The Kier molecular flexibility index (Phi) is 3.74. The molecule has 0 saturated carbocycles. The lowest BCUT2D eigenvalue weighted by Gasteiger charge is -2.41. The summed E-state index contributed by atoms with van der Waals surface area (Å²) in [6, 6.07) is 1.23. The highest BCUT2D eigenvalue weighted by Gasteiger charge is 2.40. The van der Waals surface area contributed by atoms with Gasteiger partial charge in [-0.3, -0.25) is 0 Å². The molecule has 0 spiro atoms. The van der Waals surface area contributed by atoms with Crippen molar-refractivity contribution >= 4 is 8.40 Å². The first-order valence-corrected chi connectivity index (χ1v) is 6.52. The van der Waals surface area contributed by atoms with Crippen LogP contribution in [0.5, 0.6) is 0 Å². The zero-order valence-electron chi connectivity index (χ0n) is 8.71. The third-order valence-corrected chi connectivity index (χ3v) is 7.99. The van der Waals surface area contributed by atoms with Gasteiger partial charge < -0.3 is 9.96 Å². The molecular formula is C8H22N2Si. The van der Waals surface area contributed by atoms with Crippen LogP contribution >= 0.6 is 0 Å². The normalized spacial score (nSPS) is 13.6. The summed E-state index contributed by atoms with van der Waals surface area (Å²) in [7, 11) is 2.71. The van der Waals surface area contributed by atoms with Crippen LogP contribution in [0.1, 0.15) is 27.7 Å². The average molecular weight is 174 g/mol. The first kappa shape index (κ1) is 11.1. The summed E-state index contributed by atoms with van der Waals surface area (Å²) in [4.78, 5) is 6.97. The van der Waals surface area contributed by atoms with Crippen LogP contribution in [0, 0.1) is 0 Å². The van der Waals surface area contributed by atoms with Gasteiger partial charge in [0.05, 0.1) is 0 Å². The second-order valence-corrected chi connectivity index (χ2v) is 9.03. The lowest BCUT2D eigenvalue weighted by molar-refractivity contribution is 0.663. The van der Waals surface area contributed by atoms with Crippen molar-refractivity contribution in [3.05, 3.63) is 0 Å². The predicted molar refractivity (Wildman–Crippen MR) is 54.1 cm³/mol. The Labute approximate surface area is 71.9 Å². The zero-order valence-corrected chi connectivity index (χ0v) is 9.71. The molecule has 0 heterocycles. The van der Waals surface area contributed by atoms with Gasteiger partial charge in [-0.25, -0.2) is 0 Å². The number of hydrogen-bond donors (Lipinski definition) is 2. The van der Waals surface area contributed by atoms with Crippen LogP contribution in [-0.2, 0) is 0 Å². The lowest BCUT2D eigenvalue weighted by atomic mass is 10.2. The summed E-state index contributed by atoms with van der Waals surface area (Å²) in [5, 5.41) is 0.380. The van der Waals surface area contributed by atoms with Gasteiger partial charge in [-0.15, -0.1) is 0 Å². The van der Waals surface area contributed by atoms with Crippen molar-refractivity contribution in [1.82, 2.24) is 9.96 Å². The van der Waals surface area contributed by atoms with E-state index in [9.17, 15) is 0 Å². The molecule has 0 radical (unpaired) electrons. The molecule has 0 unspecified atom stereocenters. The first-order chi connectivity index (χ1) is 4.93. The Hall–Kier alpha value is 0.137. The molecule has 3 heteroatoms. The quantitative estimate of drug-likeness (QED) is 0.636. The molecule has 0 bridgehead atoms. The molecule has 0 aliphatic heterocycles. The van der Waals surface area contributed by atoms with Gasteiger partial charge in [0.25, 0.3) is 0 Å². The van der Waals surface area contributed by atoms with E-state index in [4.69, 9.17) is 0 Å². The molecular weight excluding hydrogens is 152 g/mol. The smallest absolute Gasteiger partial charge is 0.206 e. The van der Waals surface area contributed by atoms with Crippen LogP contribution in [0.3, 0.4) is 0 Å². The second-order valence-electron chi connectivity index (χ2n) is 4.01. The van der Waals surface area contributed by atoms with E-state index in [1.165, 1.54) is 6.04 Å². The van der Waals surface area contributed by atoms with Gasteiger partial charge in [0.1, 0.15) is 0 Å². The van der Waals surface area contributed by atoms with Gasteiger partial charge in [-0.05, 0) is 25.2 Å². The Morgan fingerprint density at radius 3 is 1.45 bits per heavy atom. The lowest BCUT2D eigenvalue weighted by Crippen LogP contribution is -2.65. The summed E-state index contributed by atoms with van der Waals surface area (Å²) in [6.07, 6.45) is 0. The molecule has 0 amide bonds. The first-order valence-electron chi connectivity index (χ1n) is 4.31. The van der Waals surface area contributed by atoms with Gasteiger partial charge >= 0.3 is 0 Å². The Morgan fingerprint density at radius 1 is 1.09 bits per heavy atom. The van der Waals surface area contributed by atoms with Crippen molar-refractivity contribution in [2.45, 2.75) is 38.8 Å². The molecule has 0 aliphatic rings. The molecule has 0 aromatic carbocycles. The zero-order chi connectivity index (χ0) is 9.12. The molecule has 0 rings (SSSR count). The van der Waals surface area contributed by atoms with E-state index in [-0.39, 0.29) is 0 Å². The fourth-order valence-electron chi connectivity index (χ4n) is 1.76. The molecule has 68 valence electrons. The van der Waals surface area contributed by atoms with E-state index in [1.807, 2.05) is 0 Å². The monoisotopic (exact) mass is 174 g/mol. The second kappa shape index (κ2) is 3.69. The van der Waals surface area contributed by atoms with Crippen molar-refractivity contribution in [3.8, 4) is 0 Å². The highest BCUT2D eigenvalue weighted by molar-refractivity contribution is 6.77. The van der Waals surface area contributed by atoms with Crippen LogP contribution in [0.15, 0.2) is 0 Å². The third-order valence-electron chi connectivity index (χ3n) is 2.66. The van der Waals surface area contributed by atoms with E-state index in [2.05, 4.69) is 51.8 Å². The summed E-state index contributed by atoms with van der Waals surface area (Å²) < 4.78 is 0. The molecule has 0 aromatic rings. The van der Waals surface area contributed by atoms with Crippen LogP contribution in [-0.4, -0.2) is 22.5 Å². The Balaban J connectivity index is 4.54. The van der Waals surface area contributed by atoms with Gasteiger partial charge in [-0.1, -0.05) is 27.7 Å². The van der Waals surface area contributed by atoms with Crippen LogP contribution in [0.25, 0.3) is 0 Å². The fourth-order valence-corrected chi connectivity index (χ4v) is 5.28. The largest absolute Gasteiger partial charge is 0.328 e. The Morgan fingerprint density at radius 2 is 1.45 bits per heavy atom. The Bertz CT molecular complexity index is 105. The summed E-state index contributed by atoms with van der Waals surface area (Å²) in [6.45, 7) is 9.16.